The fraction of sp³-hybridized carbons (Fsp3) is 0.316. The average Bonchev–Trinajstić information content (AvgIpc) is 2.60. The number of benzene rings is 2. The van der Waals surface area contributed by atoms with Crippen molar-refractivity contribution < 1.29 is 25.2 Å². The van der Waals surface area contributed by atoms with E-state index < -0.39 is 11.7 Å². The van der Waals surface area contributed by atoms with Crippen molar-refractivity contribution in [1.29, 1.82) is 0 Å². The summed E-state index contributed by atoms with van der Waals surface area (Å²) < 4.78 is 0.760. The molecule has 0 saturated carbocycles. The lowest BCUT2D eigenvalue weighted by molar-refractivity contribution is -0.736. The molecule has 7 nitrogen and oxygen atoms in total. The van der Waals surface area contributed by atoms with Crippen LogP contribution in [0.25, 0.3) is 0 Å². The molecular formula is C19H19BrN2O5-4. The van der Waals surface area contributed by atoms with Crippen molar-refractivity contribution in [3.63, 3.8) is 0 Å². The van der Waals surface area contributed by atoms with Crippen LogP contribution >= 0.6 is 15.9 Å². The van der Waals surface area contributed by atoms with Gasteiger partial charge in [0.1, 0.15) is 0 Å². The quantitative estimate of drug-likeness (QED) is 0.470. The highest BCUT2D eigenvalue weighted by Gasteiger charge is 2.09. The third-order valence-corrected chi connectivity index (χ3v) is 4.59. The molecule has 8 heteroatoms. The number of hydrogen-bond donors (Lipinski definition) is 2. The lowest BCUT2D eigenvalue weighted by Gasteiger charge is -2.49. The molecule has 0 aliphatic rings. The second kappa shape index (κ2) is 8.92. The Hall–Kier alpha value is -1.81. The van der Waals surface area contributed by atoms with E-state index in [-0.39, 0.29) is 29.9 Å². The Labute approximate surface area is 165 Å². The predicted octanol–water partition coefficient (Wildman–Crippen LogP) is -1.75. The number of rotatable bonds is 8. The van der Waals surface area contributed by atoms with E-state index in [2.05, 4.69) is 21.2 Å². The minimum absolute atomic E-state index is 0.0644. The van der Waals surface area contributed by atoms with Crippen molar-refractivity contribution in [3.05, 3.63) is 69.7 Å². The van der Waals surface area contributed by atoms with E-state index in [1.807, 2.05) is 0 Å². The first-order valence-corrected chi connectivity index (χ1v) is 9.10. The molecular weight excluding hydrogens is 416 g/mol. The topological polar surface area (TPSA) is 147 Å². The van der Waals surface area contributed by atoms with Gasteiger partial charge in [0.25, 0.3) is 0 Å². The monoisotopic (exact) mass is 434 g/mol. The summed E-state index contributed by atoms with van der Waals surface area (Å²) in [5.41, 5.74) is 5.77. The minimum Gasteiger partial charge on any atom is -0.859 e. The fourth-order valence-corrected chi connectivity index (χ4v) is 2.73. The number of carbonyl (C=O) groups excluding carboxylic acids is 1. The molecule has 2 aromatic rings. The van der Waals surface area contributed by atoms with Gasteiger partial charge in [0.2, 0.25) is 5.91 Å². The van der Waals surface area contributed by atoms with Gasteiger partial charge in [-0.25, -0.2) is 0 Å². The fourth-order valence-electron chi connectivity index (χ4n) is 2.46. The molecule has 1 amide bonds. The van der Waals surface area contributed by atoms with Crippen LogP contribution in [0.5, 0.6) is 0 Å². The van der Waals surface area contributed by atoms with Crippen LogP contribution in [0.2, 0.25) is 0 Å². The van der Waals surface area contributed by atoms with E-state index in [9.17, 15) is 25.2 Å². The zero-order valence-corrected chi connectivity index (χ0v) is 16.0. The summed E-state index contributed by atoms with van der Waals surface area (Å²) in [5.74, 6) is -5.86. The third-order valence-electron chi connectivity index (χ3n) is 4.06. The normalized spacial score (nSPS) is 12.1. The first-order valence-electron chi connectivity index (χ1n) is 8.31. The molecule has 0 aliphatic heterocycles. The second-order valence-corrected chi connectivity index (χ2v) is 7.14. The Morgan fingerprint density at radius 3 is 2.07 bits per heavy atom. The molecule has 3 N–H and O–H groups in total. The van der Waals surface area contributed by atoms with Crippen LogP contribution in [0.3, 0.4) is 0 Å². The van der Waals surface area contributed by atoms with E-state index in [0.717, 1.165) is 10.0 Å². The largest absolute Gasteiger partial charge is 0.859 e. The maximum atomic E-state index is 12.1. The highest BCUT2D eigenvalue weighted by molar-refractivity contribution is 9.10. The van der Waals surface area contributed by atoms with Gasteiger partial charge in [0, 0.05) is 17.4 Å². The standard InChI is InChI=1S/C19H19BrN2O5/c20-16-7-5-14(6-8-16)18(24,25)11-9-17(23)22-12-10-13-1-3-15(4-2-13)19(21,26)27/h1-8H,9-12,21H2,(H,22,23)/q-4. The average molecular weight is 435 g/mol. The number of nitrogens with two attached hydrogens (primary N) is 1. The Morgan fingerprint density at radius 2 is 1.52 bits per heavy atom. The molecule has 0 spiro atoms. The van der Waals surface area contributed by atoms with Gasteiger partial charge in [-0.05, 0) is 24.1 Å². The Morgan fingerprint density at radius 1 is 0.963 bits per heavy atom. The molecule has 0 heterocycles. The number of halogens is 1. The van der Waals surface area contributed by atoms with Gasteiger partial charge in [-0.1, -0.05) is 69.9 Å². The molecule has 27 heavy (non-hydrogen) atoms. The molecule has 0 radical (unpaired) electrons. The number of amides is 1. The minimum atomic E-state index is -2.88. The zero-order valence-electron chi connectivity index (χ0n) is 14.4. The van der Waals surface area contributed by atoms with Crippen molar-refractivity contribution in [2.45, 2.75) is 31.0 Å². The van der Waals surface area contributed by atoms with E-state index in [1.165, 1.54) is 24.3 Å². The van der Waals surface area contributed by atoms with Gasteiger partial charge >= 0.3 is 0 Å². The van der Waals surface area contributed by atoms with Crippen LogP contribution < -0.4 is 31.5 Å². The first kappa shape index (κ1) is 21.5. The number of hydrogen-bond acceptors (Lipinski definition) is 6. The van der Waals surface area contributed by atoms with Gasteiger partial charge in [0.15, 0.2) is 0 Å². The lowest BCUT2D eigenvalue weighted by atomic mass is 10.0. The summed E-state index contributed by atoms with van der Waals surface area (Å²) in [4.78, 5) is 11.9. The summed E-state index contributed by atoms with van der Waals surface area (Å²) >= 11 is 3.23. The van der Waals surface area contributed by atoms with Gasteiger partial charge in [0.05, 0.1) is 0 Å². The molecule has 0 atom stereocenters. The summed E-state index contributed by atoms with van der Waals surface area (Å²) in [7, 11) is 0. The molecule has 0 aliphatic carbocycles. The van der Waals surface area contributed by atoms with Crippen molar-refractivity contribution in [2.24, 2.45) is 5.73 Å². The molecule has 0 saturated heterocycles. The van der Waals surface area contributed by atoms with Crippen LogP contribution in [0.4, 0.5) is 0 Å². The second-order valence-electron chi connectivity index (χ2n) is 6.22. The van der Waals surface area contributed by atoms with Crippen molar-refractivity contribution in [3.8, 4) is 0 Å². The van der Waals surface area contributed by atoms with E-state index in [1.54, 1.807) is 24.3 Å². The molecule has 0 unspecified atom stereocenters. The highest BCUT2D eigenvalue weighted by atomic mass is 79.9. The lowest BCUT2D eigenvalue weighted by Crippen LogP contribution is -2.60. The Kier molecular flexibility index (Phi) is 7.10. The maximum absolute atomic E-state index is 12.1. The summed E-state index contributed by atoms with van der Waals surface area (Å²) in [6.45, 7) is 0.295. The van der Waals surface area contributed by atoms with Crippen molar-refractivity contribution >= 4 is 21.8 Å². The van der Waals surface area contributed by atoms with E-state index in [0.29, 0.717) is 13.0 Å². The van der Waals surface area contributed by atoms with E-state index >= 15 is 0 Å². The molecule has 0 fully saturated rings. The van der Waals surface area contributed by atoms with Crippen LogP contribution in [0.1, 0.15) is 29.5 Å². The summed E-state index contributed by atoms with van der Waals surface area (Å²) in [5, 5.41) is 49.1. The van der Waals surface area contributed by atoms with Crippen LogP contribution in [-0.2, 0) is 22.9 Å². The SMILES string of the molecule is NC([O-])([O-])c1ccc(CCNC(=O)CCC([O-])([O-])c2ccc(Br)cc2)cc1. The Bertz CT molecular complexity index is 755. The third kappa shape index (κ3) is 6.69. The van der Waals surface area contributed by atoms with Crippen LogP contribution in [-0.4, -0.2) is 12.5 Å². The van der Waals surface area contributed by atoms with Gasteiger partial charge in [-0.3, -0.25) is 4.79 Å². The van der Waals surface area contributed by atoms with Gasteiger partial charge in [-0.15, -0.1) is 5.91 Å². The van der Waals surface area contributed by atoms with Crippen molar-refractivity contribution in [1.82, 2.24) is 5.32 Å². The van der Waals surface area contributed by atoms with Gasteiger partial charge in [-0.2, -0.15) is 5.79 Å². The number of carbonyl (C=O) groups is 1. The van der Waals surface area contributed by atoms with E-state index in [4.69, 9.17) is 5.73 Å². The molecule has 2 aromatic carbocycles. The summed E-state index contributed by atoms with van der Waals surface area (Å²) in [6, 6.07) is 12.0. The smallest absolute Gasteiger partial charge is 0.219 e. The zero-order chi connectivity index (χ0) is 20.1. The predicted molar refractivity (Wildman–Crippen MR) is 94.1 cm³/mol. The first-order chi connectivity index (χ1) is 12.6. The van der Waals surface area contributed by atoms with Crippen molar-refractivity contribution in [2.75, 3.05) is 6.54 Å². The van der Waals surface area contributed by atoms with Crippen LogP contribution in [0.15, 0.2) is 53.0 Å². The van der Waals surface area contributed by atoms with Crippen LogP contribution in [0, 0.1) is 0 Å². The number of nitrogens with one attached hydrogen (secondary N) is 1. The van der Waals surface area contributed by atoms with Gasteiger partial charge < -0.3 is 31.5 Å². The molecule has 0 aromatic heterocycles. The molecule has 0 bridgehead atoms. The Balaban J connectivity index is 1.77. The molecule has 2 rings (SSSR count). The molecule has 146 valence electrons. The maximum Gasteiger partial charge on any atom is 0.219 e. The highest BCUT2D eigenvalue weighted by Crippen LogP contribution is 2.20. The summed E-state index contributed by atoms with van der Waals surface area (Å²) in [6.07, 6.45) is -0.0707.